The molecule has 0 aliphatic carbocycles. The molecule has 2 N–H and O–H groups in total. The van der Waals surface area contributed by atoms with E-state index < -0.39 is 6.03 Å². The van der Waals surface area contributed by atoms with Crippen LogP contribution in [0.25, 0.3) is 0 Å². The molecule has 2 aromatic carbocycles. The summed E-state index contributed by atoms with van der Waals surface area (Å²) in [5.74, 6) is 0.891. The van der Waals surface area contributed by atoms with E-state index in [-0.39, 0.29) is 0 Å². The molecule has 2 aromatic rings. The summed E-state index contributed by atoms with van der Waals surface area (Å²) >= 11 is 6.05. The highest BCUT2D eigenvalue weighted by Crippen LogP contribution is 2.35. The van der Waals surface area contributed by atoms with Crippen molar-refractivity contribution in [2.75, 3.05) is 43.8 Å². The van der Waals surface area contributed by atoms with Crippen LogP contribution < -0.4 is 25.0 Å². The van der Waals surface area contributed by atoms with Gasteiger partial charge < -0.3 is 25.0 Å². The summed E-state index contributed by atoms with van der Waals surface area (Å²) in [4.78, 5) is 14.2. The van der Waals surface area contributed by atoms with Gasteiger partial charge in [0.25, 0.3) is 0 Å². The van der Waals surface area contributed by atoms with Gasteiger partial charge in [-0.2, -0.15) is 0 Å². The van der Waals surface area contributed by atoms with E-state index >= 15 is 0 Å². The molecular formula is C17H20ClN3O3. The van der Waals surface area contributed by atoms with Gasteiger partial charge in [0, 0.05) is 37.6 Å². The third-order valence-electron chi connectivity index (χ3n) is 3.36. The molecule has 0 bridgehead atoms. The van der Waals surface area contributed by atoms with Crippen LogP contribution in [-0.4, -0.2) is 34.3 Å². The van der Waals surface area contributed by atoms with Crippen LogP contribution in [0.15, 0.2) is 36.4 Å². The normalized spacial score (nSPS) is 10.0. The van der Waals surface area contributed by atoms with Gasteiger partial charge in [-0.05, 0) is 24.3 Å². The zero-order valence-electron chi connectivity index (χ0n) is 14.0. The van der Waals surface area contributed by atoms with Crippen molar-refractivity contribution < 1.29 is 14.3 Å². The summed E-state index contributed by atoms with van der Waals surface area (Å²) in [5, 5.41) is 5.89. The Kier molecular flexibility index (Phi) is 5.76. The molecule has 0 heterocycles. The molecule has 0 radical (unpaired) electrons. The molecule has 0 spiro atoms. The average Bonchev–Trinajstić information content (AvgIpc) is 2.56. The molecule has 0 aliphatic rings. The second kappa shape index (κ2) is 7.79. The zero-order chi connectivity index (χ0) is 17.7. The van der Waals surface area contributed by atoms with Crippen LogP contribution in [0.4, 0.5) is 21.9 Å². The number of methoxy groups -OCH3 is 2. The van der Waals surface area contributed by atoms with Gasteiger partial charge in [0.15, 0.2) is 0 Å². The van der Waals surface area contributed by atoms with E-state index in [1.807, 2.05) is 43.3 Å². The monoisotopic (exact) mass is 349 g/mol. The minimum atomic E-state index is -0.393. The zero-order valence-corrected chi connectivity index (χ0v) is 14.8. The van der Waals surface area contributed by atoms with E-state index in [2.05, 4.69) is 10.6 Å². The highest BCUT2D eigenvalue weighted by molar-refractivity contribution is 6.32. The number of carbonyl (C=O) groups excluding carboxylic acids is 1. The van der Waals surface area contributed by atoms with E-state index in [1.165, 1.54) is 14.2 Å². The molecular weight excluding hydrogens is 330 g/mol. The Morgan fingerprint density at radius 3 is 2.17 bits per heavy atom. The number of ether oxygens (including phenoxy) is 2. The van der Waals surface area contributed by atoms with Crippen LogP contribution in [-0.2, 0) is 0 Å². The Balaban J connectivity index is 2.11. The molecule has 128 valence electrons. The van der Waals surface area contributed by atoms with Gasteiger partial charge >= 0.3 is 6.03 Å². The first kappa shape index (κ1) is 17.7. The van der Waals surface area contributed by atoms with Gasteiger partial charge in [-0.3, -0.25) is 0 Å². The summed E-state index contributed by atoms with van der Waals surface area (Å²) in [6.07, 6.45) is 0. The summed E-state index contributed by atoms with van der Waals surface area (Å²) in [6, 6.07) is 10.3. The standard InChI is InChI=1S/C17H20ClN3O3/c1-21(2)12-7-5-11(6-8-12)19-17(22)20-14-10-15(23-3)13(18)9-16(14)24-4/h5-10H,1-4H3,(H2,19,20,22). The molecule has 7 heteroatoms. The second-order valence-electron chi connectivity index (χ2n) is 5.21. The quantitative estimate of drug-likeness (QED) is 0.854. The van der Waals surface area contributed by atoms with Gasteiger partial charge in [0.1, 0.15) is 11.5 Å². The number of hydrogen-bond donors (Lipinski definition) is 2. The van der Waals surface area contributed by atoms with Crippen LogP contribution in [0.1, 0.15) is 0 Å². The molecule has 6 nitrogen and oxygen atoms in total. The van der Waals surface area contributed by atoms with Crippen molar-refractivity contribution in [2.45, 2.75) is 0 Å². The molecule has 2 rings (SSSR count). The van der Waals surface area contributed by atoms with Crippen LogP contribution in [0, 0.1) is 0 Å². The van der Waals surface area contributed by atoms with Gasteiger partial charge in [0.05, 0.1) is 24.9 Å². The number of carbonyl (C=O) groups is 1. The summed E-state index contributed by atoms with van der Waals surface area (Å²) in [5.41, 5.74) is 2.18. The van der Waals surface area contributed by atoms with Crippen molar-refractivity contribution in [3.63, 3.8) is 0 Å². The lowest BCUT2D eigenvalue weighted by Crippen LogP contribution is -2.20. The lowest BCUT2D eigenvalue weighted by molar-refractivity contribution is 0.262. The second-order valence-corrected chi connectivity index (χ2v) is 5.61. The molecule has 0 atom stereocenters. The Morgan fingerprint density at radius 1 is 1.00 bits per heavy atom. The summed E-state index contributed by atoms with van der Waals surface area (Å²) in [7, 11) is 6.91. The molecule has 0 aliphatic heterocycles. The Labute approximate surface area is 146 Å². The fourth-order valence-electron chi connectivity index (χ4n) is 2.09. The van der Waals surface area contributed by atoms with Crippen LogP contribution in [0.3, 0.4) is 0 Å². The lowest BCUT2D eigenvalue weighted by Gasteiger charge is -2.15. The van der Waals surface area contributed by atoms with Gasteiger partial charge in [-0.25, -0.2) is 4.79 Å². The highest BCUT2D eigenvalue weighted by Gasteiger charge is 2.12. The van der Waals surface area contributed by atoms with Crippen molar-refractivity contribution >= 4 is 34.7 Å². The smallest absolute Gasteiger partial charge is 0.323 e. The number of nitrogens with one attached hydrogen (secondary N) is 2. The SMILES string of the molecule is COc1cc(NC(=O)Nc2ccc(N(C)C)cc2)c(OC)cc1Cl. The van der Waals surface area contributed by atoms with Crippen molar-refractivity contribution in [1.29, 1.82) is 0 Å². The summed E-state index contributed by atoms with van der Waals surface area (Å²) in [6.45, 7) is 0. The van der Waals surface area contributed by atoms with Gasteiger partial charge in [-0.1, -0.05) is 11.6 Å². The number of nitrogens with zero attached hydrogens (tertiary/aromatic N) is 1. The molecule has 24 heavy (non-hydrogen) atoms. The molecule has 0 fully saturated rings. The van der Waals surface area contributed by atoms with Crippen LogP contribution >= 0.6 is 11.6 Å². The fraction of sp³-hybridized carbons (Fsp3) is 0.235. The van der Waals surface area contributed by atoms with E-state index in [9.17, 15) is 4.79 Å². The average molecular weight is 350 g/mol. The first-order valence-corrected chi connectivity index (χ1v) is 7.59. The van der Waals surface area contributed by atoms with Crippen molar-refractivity contribution in [1.82, 2.24) is 0 Å². The van der Waals surface area contributed by atoms with Crippen molar-refractivity contribution in [3.05, 3.63) is 41.4 Å². The molecule has 0 aromatic heterocycles. The minimum absolute atomic E-state index is 0.393. The maximum atomic E-state index is 12.2. The first-order valence-electron chi connectivity index (χ1n) is 7.21. The summed E-state index contributed by atoms with van der Waals surface area (Å²) < 4.78 is 10.4. The minimum Gasteiger partial charge on any atom is -0.495 e. The third-order valence-corrected chi connectivity index (χ3v) is 3.66. The third kappa shape index (κ3) is 4.23. The Bertz CT molecular complexity index is 718. The molecule has 0 saturated heterocycles. The number of urea groups is 1. The number of amides is 2. The van der Waals surface area contributed by atoms with Gasteiger partial charge in [0.2, 0.25) is 0 Å². The van der Waals surface area contributed by atoms with E-state index in [0.717, 1.165) is 5.69 Å². The number of halogens is 1. The van der Waals surface area contributed by atoms with Crippen LogP contribution in [0.5, 0.6) is 11.5 Å². The van der Waals surface area contributed by atoms with Crippen molar-refractivity contribution in [2.24, 2.45) is 0 Å². The highest BCUT2D eigenvalue weighted by atomic mass is 35.5. The molecule has 2 amide bonds. The number of hydrogen-bond acceptors (Lipinski definition) is 4. The van der Waals surface area contributed by atoms with Gasteiger partial charge in [-0.15, -0.1) is 0 Å². The molecule has 0 saturated carbocycles. The predicted molar refractivity (Wildman–Crippen MR) is 98.0 cm³/mol. The van der Waals surface area contributed by atoms with Crippen molar-refractivity contribution in [3.8, 4) is 11.5 Å². The number of anilines is 3. The molecule has 0 unspecified atom stereocenters. The fourth-order valence-corrected chi connectivity index (χ4v) is 2.32. The maximum Gasteiger partial charge on any atom is 0.323 e. The Hall–Kier alpha value is -2.60. The lowest BCUT2D eigenvalue weighted by atomic mass is 10.2. The topological polar surface area (TPSA) is 62.8 Å². The number of benzene rings is 2. The van der Waals surface area contributed by atoms with E-state index in [4.69, 9.17) is 21.1 Å². The Morgan fingerprint density at radius 2 is 1.62 bits per heavy atom. The van der Waals surface area contributed by atoms with E-state index in [1.54, 1.807) is 12.1 Å². The first-order chi connectivity index (χ1) is 11.4. The number of rotatable bonds is 5. The largest absolute Gasteiger partial charge is 0.495 e. The van der Waals surface area contributed by atoms with E-state index in [0.29, 0.717) is 27.9 Å². The maximum absolute atomic E-state index is 12.2. The predicted octanol–water partition coefficient (Wildman–Crippen LogP) is 4.07. The van der Waals surface area contributed by atoms with Crippen LogP contribution in [0.2, 0.25) is 5.02 Å².